The average molecular weight is 512 g/mol. The predicted octanol–water partition coefficient (Wildman–Crippen LogP) is 3.27. The number of rotatable bonds is 4. The number of Topliss-reactive ketones (excluding diaryl/α,β-unsaturated/α-hetero) is 1. The summed E-state index contributed by atoms with van der Waals surface area (Å²) in [5.74, 6) is -3.42. The van der Waals surface area contributed by atoms with Gasteiger partial charge in [-0.3, -0.25) is 14.4 Å². The first-order valence-electron chi connectivity index (χ1n) is 12.5. The van der Waals surface area contributed by atoms with Crippen molar-refractivity contribution in [1.29, 1.82) is 5.41 Å². The molecule has 0 saturated heterocycles. The zero-order chi connectivity index (χ0) is 26.2. The highest BCUT2D eigenvalue weighted by Gasteiger charge is 2.97. The van der Waals surface area contributed by atoms with Crippen LogP contribution in [0.1, 0.15) is 46.2 Å². The van der Waals surface area contributed by atoms with Crippen molar-refractivity contribution >= 4 is 17.9 Å². The molecular formula is C27H24F3N3O4. The average Bonchev–Trinajstić information content (AvgIpc) is 3.78. The number of carbonyl (C=O) groups excluding carboxylic acids is 2. The van der Waals surface area contributed by atoms with Gasteiger partial charge in [0.1, 0.15) is 28.7 Å². The molecule has 4 aliphatic carbocycles. The minimum Gasteiger partial charge on any atom is -0.503 e. The Hall–Kier alpha value is -3.43. The first-order chi connectivity index (χ1) is 17.6. The van der Waals surface area contributed by atoms with Gasteiger partial charge in [0.2, 0.25) is 5.43 Å². The van der Waals surface area contributed by atoms with Gasteiger partial charge >= 0.3 is 0 Å². The van der Waals surface area contributed by atoms with Gasteiger partial charge in [0, 0.05) is 48.3 Å². The summed E-state index contributed by atoms with van der Waals surface area (Å²) in [6.07, 6.45) is 4.50. The number of pyridine rings is 1. The summed E-state index contributed by atoms with van der Waals surface area (Å²) in [6, 6.07) is 0.971. The number of ketones is 1. The second-order valence-electron chi connectivity index (χ2n) is 11.5. The molecule has 0 bridgehead atoms. The molecule has 3 N–H and O–H groups in total. The minimum absolute atomic E-state index is 0.0857. The second-order valence-corrected chi connectivity index (χ2v) is 11.5. The lowest BCUT2D eigenvalue weighted by Crippen LogP contribution is -2.32. The Morgan fingerprint density at radius 3 is 2.59 bits per heavy atom. The van der Waals surface area contributed by atoms with Crippen molar-refractivity contribution < 1.29 is 27.9 Å². The van der Waals surface area contributed by atoms with E-state index in [2.05, 4.69) is 5.32 Å². The van der Waals surface area contributed by atoms with Crippen LogP contribution >= 0.6 is 0 Å². The third-order valence-corrected chi connectivity index (χ3v) is 10.3. The van der Waals surface area contributed by atoms with Crippen LogP contribution in [0.25, 0.3) is 0 Å². The number of aryl methyl sites for hydroxylation is 1. The molecule has 5 aliphatic rings. The quantitative estimate of drug-likeness (QED) is 0.547. The van der Waals surface area contributed by atoms with Crippen LogP contribution in [0, 0.1) is 69.2 Å². The van der Waals surface area contributed by atoms with Gasteiger partial charge in [0.25, 0.3) is 5.91 Å². The van der Waals surface area contributed by atoms with E-state index in [0.29, 0.717) is 48.8 Å². The number of fused-ring (bicyclic) bond motifs is 9. The first-order valence-corrected chi connectivity index (χ1v) is 12.5. The van der Waals surface area contributed by atoms with Crippen LogP contribution in [-0.4, -0.2) is 27.6 Å². The van der Waals surface area contributed by atoms with Gasteiger partial charge in [0.05, 0.1) is 0 Å². The van der Waals surface area contributed by atoms with E-state index in [9.17, 15) is 32.7 Å². The van der Waals surface area contributed by atoms with E-state index < -0.39 is 57.6 Å². The maximum Gasteiger partial charge on any atom is 0.257 e. The van der Waals surface area contributed by atoms with Gasteiger partial charge in [-0.1, -0.05) is 6.92 Å². The van der Waals surface area contributed by atoms with Gasteiger partial charge in [-0.25, -0.2) is 13.2 Å². The monoisotopic (exact) mass is 511 g/mol. The fraction of sp³-hybridized carbons (Fsp3) is 0.481. The van der Waals surface area contributed by atoms with Gasteiger partial charge < -0.3 is 20.4 Å². The van der Waals surface area contributed by atoms with E-state index in [1.807, 2.05) is 6.92 Å². The number of aromatic hydroxyl groups is 1. The SMILES string of the molecule is CC12C(=O)c3c(O)c(=O)c(C(=O)NCc4c(F)cc(F)cc4F)cn3CCC1[C@]21C2[C@H]1C(C=N)[C@@H]1C[C@H]21. The number of hydrogen-bond acceptors (Lipinski definition) is 5. The molecule has 4 fully saturated rings. The van der Waals surface area contributed by atoms with Gasteiger partial charge in [0.15, 0.2) is 11.5 Å². The van der Waals surface area contributed by atoms with Crippen molar-refractivity contribution in [3.05, 3.63) is 62.8 Å². The number of benzene rings is 1. The Balaban J connectivity index is 1.19. The predicted molar refractivity (Wildman–Crippen MR) is 124 cm³/mol. The summed E-state index contributed by atoms with van der Waals surface area (Å²) >= 11 is 0. The molecule has 37 heavy (non-hydrogen) atoms. The maximum absolute atomic E-state index is 13.9. The molecule has 10 heteroatoms. The van der Waals surface area contributed by atoms with E-state index in [-0.39, 0.29) is 28.7 Å². The molecule has 192 valence electrons. The Bertz CT molecular complexity index is 1500. The third kappa shape index (κ3) is 2.54. The van der Waals surface area contributed by atoms with E-state index in [1.165, 1.54) is 10.8 Å². The Morgan fingerprint density at radius 1 is 1.22 bits per heavy atom. The Labute approximate surface area is 209 Å². The molecule has 1 aliphatic heterocycles. The van der Waals surface area contributed by atoms with Crippen molar-refractivity contribution in [1.82, 2.24) is 9.88 Å². The van der Waals surface area contributed by atoms with Gasteiger partial charge in [-0.2, -0.15) is 0 Å². The Kier molecular flexibility index (Phi) is 4.24. The molecule has 8 atom stereocenters. The zero-order valence-electron chi connectivity index (χ0n) is 19.9. The zero-order valence-corrected chi connectivity index (χ0v) is 19.9. The molecule has 2 aromatic rings. The van der Waals surface area contributed by atoms with E-state index >= 15 is 0 Å². The summed E-state index contributed by atoms with van der Waals surface area (Å²) < 4.78 is 42.5. The van der Waals surface area contributed by atoms with Crippen LogP contribution in [-0.2, 0) is 13.1 Å². The highest BCUT2D eigenvalue weighted by molar-refractivity contribution is 6.06. The molecule has 4 saturated carbocycles. The largest absolute Gasteiger partial charge is 0.503 e. The number of halogens is 3. The number of amides is 1. The van der Waals surface area contributed by atoms with Crippen LogP contribution in [0.2, 0.25) is 0 Å². The summed E-state index contributed by atoms with van der Waals surface area (Å²) in [5, 5.41) is 21.0. The van der Waals surface area contributed by atoms with Crippen LogP contribution in [0.15, 0.2) is 23.1 Å². The molecule has 1 amide bonds. The molecule has 2 heterocycles. The normalized spacial score (nSPS) is 37.7. The number of nitrogens with zero attached hydrogens (tertiary/aromatic N) is 1. The number of carbonyl (C=O) groups is 2. The van der Waals surface area contributed by atoms with E-state index in [1.54, 1.807) is 6.21 Å². The molecule has 1 aromatic carbocycles. The summed E-state index contributed by atoms with van der Waals surface area (Å²) in [5.41, 5.74) is -3.07. The summed E-state index contributed by atoms with van der Waals surface area (Å²) in [4.78, 5) is 39.6. The van der Waals surface area contributed by atoms with Crippen molar-refractivity contribution in [2.24, 2.45) is 46.3 Å². The molecule has 4 unspecified atom stereocenters. The molecule has 1 spiro atoms. The van der Waals surface area contributed by atoms with Crippen molar-refractivity contribution in [3.63, 3.8) is 0 Å². The number of hydrogen-bond donors (Lipinski definition) is 3. The summed E-state index contributed by atoms with van der Waals surface area (Å²) in [7, 11) is 0. The molecule has 7 rings (SSSR count). The fourth-order valence-corrected chi connectivity index (χ4v) is 8.78. The van der Waals surface area contributed by atoms with E-state index in [0.717, 1.165) is 6.42 Å². The van der Waals surface area contributed by atoms with E-state index in [4.69, 9.17) is 5.41 Å². The Morgan fingerprint density at radius 2 is 1.92 bits per heavy atom. The molecule has 1 aromatic heterocycles. The lowest BCUT2D eigenvalue weighted by atomic mass is 9.89. The van der Waals surface area contributed by atoms with Crippen LogP contribution in [0.3, 0.4) is 0 Å². The van der Waals surface area contributed by atoms with Crippen LogP contribution in [0.5, 0.6) is 5.75 Å². The number of nitrogens with one attached hydrogen (secondary N) is 2. The highest BCUT2D eigenvalue weighted by atomic mass is 19.1. The molecule has 7 nitrogen and oxygen atoms in total. The smallest absolute Gasteiger partial charge is 0.257 e. The topological polar surface area (TPSA) is 112 Å². The van der Waals surface area contributed by atoms with Crippen molar-refractivity contribution in [2.75, 3.05) is 0 Å². The second kappa shape index (κ2) is 6.90. The van der Waals surface area contributed by atoms with Gasteiger partial charge in [-0.15, -0.1) is 0 Å². The molecular weight excluding hydrogens is 487 g/mol. The maximum atomic E-state index is 13.9. The standard InChI is InChI=1S/C27H24F3N3O4/c1-26-18(27(26)19-12-6-11(12)13(7-31)20(19)27)2-3-33-9-15(22(34)23(35)21(33)24(26)36)25(37)32-8-14-16(29)4-10(28)5-17(14)30/h4-5,7,9,11-13,18-20,31,35H,2-3,6,8H2,1H3,(H,32,37)/t11-,12+,13?,18?,19?,20-,26?,27-/m1/s1. The fourth-order valence-electron chi connectivity index (χ4n) is 8.78. The highest BCUT2D eigenvalue weighted by Crippen LogP contribution is 2.97. The van der Waals surface area contributed by atoms with Crippen molar-refractivity contribution in [2.45, 2.75) is 32.9 Å². The minimum atomic E-state index is -1.18. The van der Waals surface area contributed by atoms with Crippen molar-refractivity contribution in [3.8, 4) is 5.75 Å². The lowest BCUT2D eigenvalue weighted by molar-refractivity contribution is 0.0870. The van der Waals surface area contributed by atoms with Crippen LogP contribution < -0.4 is 10.7 Å². The lowest BCUT2D eigenvalue weighted by Gasteiger charge is -2.19. The first kappa shape index (κ1) is 22.7. The van der Waals surface area contributed by atoms with Gasteiger partial charge in [-0.05, 0) is 54.1 Å². The van der Waals surface area contributed by atoms with Crippen LogP contribution in [0.4, 0.5) is 13.2 Å². The summed E-state index contributed by atoms with van der Waals surface area (Å²) in [6.45, 7) is 1.60. The number of aromatic nitrogens is 1. The molecule has 0 radical (unpaired) electrons. The third-order valence-electron chi connectivity index (χ3n) is 10.3.